The topological polar surface area (TPSA) is 34.0 Å². The summed E-state index contributed by atoms with van der Waals surface area (Å²) < 4.78 is 2.74. The van der Waals surface area contributed by atoms with Gasteiger partial charge in [0.1, 0.15) is 0 Å². The SMILES string of the molecule is O=c1ccc(Br)cn1CCC1CCNC1. The van der Waals surface area contributed by atoms with Gasteiger partial charge >= 0.3 is 0 Å². The van der Waals surface area contributed by atoms with Crippen LogP contribution in [0.1, 0.15) is 12.8 Å². The Morgan fingerprint density at radius 3 is 3.13 bits per heavy atom. The Balaban J connectivity index is 1.97. The van der Waals surface area contributed by atoms with Crippen LogP contribution >= 0.6 is 15.9 Å². The molecular weight excluding hydrogens is 256 g/mol. The molecule has 1 N–H and O–H groups in total. The van der Waals surface area contributed by atoms with E-state index in [0.717, 1.165) is 36.4 Å². The fourth-order valence-electron chi connectivity index (χ4n) is 1.96. The second kappa shape index (κ2) is 4.94. The predicted octanol–water partition coefficient (Wildman–Crippen LogP) is 1.61. The first-order valence-corrected chi connectivity index (χ1v) is 6.12. The average molecular weight is 271 g/mol. The maximum atomic E-state index is 11.5. The number of hydrogen-bond donors (Lipinski definition) is 1. The second-order valence-corrected chi connectivity index (χ2v) is 4.94. The van der Waals surface area contributed by atoms with Crippen LogP contribution in [-0.4, -0.2) is 17.7 Å². The Labute approximate surface area is 97.6 Å². The minimum absolute atomic E-state index is 0.0872. The Hall–Kier alpha value is -0.610. The smallest absolute Gasteiger partial charge is 0.250 e. The summed E-state index contributed by atoms with van der Waals surface area (Å²) >= 11 is 3.38. The summed E-state index contributed by atoms with van der Waals surface area (Å²) in [7, 11) is 0. The third kappa shape index (κ3) is 2.92. The van der Waals surface area contributed by atoms with Gasteiger partial charge in [-0.05, 0) is 53.8 Å². The third-order valence-electron chi connectivity index (χ3n) is 2.89. The molecule has 0 aliphatic carbocycles. The summed E-state index contributed by atoms with van der Waals surface area (Å²) in [6.45, 7) is 3.05. The molecule has 2 rings (SSSR count). The Morgan fingerprint density at radius 2 is 2.40 bits per heavy atom. The standard InChI is InChI=1S/C11H15BrN2O/c12-10-1-2-11(15)14(8-10)6-4-9-3-5-13-7-9/h1-2,8-9,13H,3-7H2. The van der Waals surface area contributed by atoms with Crippen molar-refractivity contribution in [3.05, 3.63) is 33.2 Å². The minimum atomic E-state index is 0.0872. The number of nitrogens with zero attached hydrogens (tertiary/aromatic N) is 1. The third-order valence-corrected chi connectivity index (χ3v) is 3.36. The Morgan fingerprint density at radius 1 is 1.53 bits per heavy atom. The van der Waals surface area contributed by atoms with Gasteiger partial charge in [-0.15, -0.1) is 0 Å². The van der Waals surface area contributed by atoms with E-state index in [1.807, 2.05) is 6.20 Å². The lowest BCUT2D eigenvalue weighted by Gasteiger charge is -2.10. The summed E-state index contributed by atoms with van der Waals surface area (Å²) in [6, 6.07) is 3.40. The maximum Gasteiger partial charge on any atom is 0.250 e. The van der Waals surface area contributed by atoms with Crippen LogP contribution in [0.25, 0.3) is 0 Å². The quantitative estimate of drug-likeness (QED) is 0.906. The molecule has 1 fully saturated rings. The van der Waals surface area contributed by atoms with Crippen LogP contribution < -0.4 is 10.9 Å². The molecule has 1 atom stereocenters. The minimum Gasteiger partial charge on any atom is -0.316 e. The molecule has 1 saturated heterocycles. The van der Waals surface area contributed by atoms with Crippen molar-refractivity contribution in [1.29, 1.82) is 0 Å². The van der Waals surface area contributed by atoms with Crippen molar-refractivity contribution in [3.63, 3.8) is 0 Å². The zero-order valence-electron chi connectivity index (χ0n) is 8.58. The number of hydrogen-bond acceptors (Lipinski definition) is 2. The van der Waals surface area contributed by atoms with Gasteiger partial charge in [0, 0.05) is 23.3 Å². The highest BCUT2D eigenvalue weighted by molar-refractivity contribution is 9.10. The summed E-state index contributed by atoms with van der Waals surface area (Å²) in [6.07, 6.45) is 4.19. The van der Waals surface area contributed by atoms with Crippen LogP contribution in [0.5, 0.6) is 0 Å². The summed E-state index contributed by atoms with van der Waals surface area (Å²) in [4.78, 5) is 11.5. The molecule has 4 heteroatoms. The van der Waals surface area contributed by atoms with E-state index >= 15 is 0 Å². The number of rotatable bonds is 3. The molecule has 2 heterocycles. The molecule has 0 saturated carbocycles. The van der Waals surface area contributed by atoms with Crippen LogP contribution in [0.2, 0.25) is 0 Å². The highest BCUT2D eigenvalue weighted by Crippen LogP contribution is 2.13. The van der Waals surface area contributed by atoms with E-state index in [0.29, 0.717) is 0 Å². The summed E-state index contributed by atoms with van der Waals surface area (Å²) in [5.41, 5.74) is 0.0872. The van der Waals surface area contributed by atoms with Crippen molar-refractivity contribution in [1.82, 2.24) is 9.88 Å². The molecule has 3 nitrogen and oxygen atoms in total. The van der Waals surface area contributed by atoms with Crippen molar-refractivity contribution in [2.45, 2.75) is 19.4 Å². The number of halogens is 1. The first kappa shape index (κ1) is 10.9. The number of pyridine rings is 1. The van der Waals surface area contributed by atoms with Crippen molar-refractivity contribution in [2.24, 2.45) is 5.92 Å². The van der Waals surface area contributed by atoms with Gasteiger partial charge in [-0.2, -0.15) is 0 Å². The van der Waals surface area contributed by atoms with E-state index in [2.05, 4.69) is 21.2 Å². The molecule has 0 spiro atoms. The van der Waals surface area contributed by atoms with E-state index in [1.165, 1.54) is 6.42 Å². The normalized spacial score (nSPS) is 20.7. The largest absolute Gasteiger partial charge is 0.316 e. The summed E-state index contributed by atoms with van der Waals surface area (Å²) in [5, 5.41) is 3.34. The molecule has 0 aromatic carbocycles. The summed E-state index contributed by atoms with van der Waals surface area (Å²) in [5.74, 6) is 0.732. The zero-order valence-corrected chi connectivity index (χ0v) is 10.2. The number of aryl methyl sites for hydroxylation is 1. The van der Waals surface area contributed by atoms with Crippen LogP contribution in [0.4, 0.5) is 0 Å². The molecule has 1 aromatic heterocycles. The molecule has 0 amide bonds. The molecule has 82 valence electrons. The number of nitrogens with one attached hydrogen (secondary N) is 1. The van der Waals surface area contributed by atoms with Crippen LogP contribution in [-0.2, 0) is 6.54 Å². The monoisotopic (exact) mass is 270 g/mol. The van der Waals surface area contributed by atoms with Gasteiger partial charge in [-0.25, -0.2) is 0 Å². The molecule has 1 unspecified atom stereocenters. The predicted molar refractivity (Wildman–Crippen MR) is 64.0 cm³/mol. The molecule has 0 bridgehead atoms. The molecule has 1 aliphatic heterocycles. The van der Waals surface area contributed by atoms with Gasteiger partial charge in [0.25, 0.3) is 5.56 Å². The Bertz CT molecular complexity index is 382. The van der Waals surface area contributed by atoms with Crippen molar-refractivity contribution >= 4 is 15.9 Å². The van der Waals surface area contributed by atoms with E-state index < -0.39 is 0 Å². The van der Waals surface area contributed by atoms with E-state index in [4.69, 9.17) is 0 Å². The van der Waals surface area contributed by atoms with Gasteiger partial charge in [0.05, 0.1) is 0 Å². The molecular formula is C11H15BrN2O. The molecule has 0 radical (unpaired) electrons. The lowest BCUT2D eigenvalue weighted by molar-refractivity contribution is 0.473. The van der Waals surface area contributed by atoms with Gasteiger partial charge in [-0.1, -0.05) is 0 Å². The average Bonchev–Trinajstić information content (AvgIpc) is 2.72. The second-order valence-electron chi connectivity index (χ2n) is 4.03. The van der Waals surface area contributed by atoms with E-state index in [9.17, 15) is 4.79 Å². The van der Waals surface area contributed by atoms with Crippen molar-refractivity contribution in [3.8, 4) is 0 Å². The maximum absolute atomic E-state index is 11.5. The lowest BCUT2D eigenvalue weighted by Crippen LogP contribution is -2.20. The lowest BCUT2D eigenvalue weighted by atomic mass is 10.1. The fraction of sp³-hybridized carbons (Fsp3) is 0.545. The van der Waals surface area contributed by atoms with E-state index in [-0.39, 0.29) is 5.56 Å². The van der Waals surface area contributed by atoms with Gasteiger partial charge in [-0.3, -0.25) is 4.79 Å². The zero-order chi connectivity index (χ0) is 10.7. The first-order valence-electron chi connectivity index (χ1n) is 5.32. The van der Waals surface area contributed by atoms with E-state index in [1.54, 1.807) is 16.7 Å². The van der Waals surface area contributed by atoms with Crippen LogP contribution in [0.3, 0.4) is 0 Å². The number of aromatic nitrogens is 1. The molecule has 15 heavy (non-hydrogen) atoms. The van der Waals surface area contributed by atoms with Gasteiger partial charge in [0.2, 0.25) is 0 Å². The van der Waals surface area contributed by atoms with Crippen molar-refractivity contribution < 1.29 is 0 Å². The van der Waals surface area contributed by atoms with Crippen LogP contribution in [0, 0.1) is 5.92 Å². The first-order chi connectivity index (χ1) is 7.25. The fourth-order valence-corrected chi connectivity index (χ4v) is 2.34. The van der Waals surface area contributed by atoms with Crippen LogP contribution in [0.15, 0.2) is 27.6 Å². The highest BCUT2D eigenvalue weighted by Gasteiger charge is 2.13. The van der Waals surface area contributed by atoms with Gasteiger partial charge < -0.3 is 9.88 Å². The molecule has 1 aromatic rings. The van der Waals surface area contributed by atoms with Crippen molar-refractivity contribution in [2.75, 3.05) is 13.1 Å². The van der Waals surface area contributed by atoms with Gasteiger partial charge in [0.15, 0.2) is 0 Å². The Kier molecular flexibility index (Phi) is 3.59. The highest BCUT2D eigenvalue weighted by atomic mass is 79.9. The molecule has 1 aliphatic rings.